The maximum atomic E-state index is 13.7. The van der Waals surface area contributed by atoms with Crippen LogP contribution in [0.2, 0.25) is 0 Å². The number of aliphatic hydroxyl groups is 2. The number of ketones is 1. The van der Waals surface area contributed by atoms with Gasteiger partial charge < -0.3 is 68.9 Å². The SMILES string of the molecule is CCCCCC/C=C\CCCCCCOC(CCCCCCCCCCC)CCO[C@@H]1C(NC(C)=O)[C@H](OC[C@H]2O[C@H](OCC(=O)O)[C@H](NC(=O)CCC(=O)CCCCCCCCCC)[C@@H](OCCCCCCCCCCCC)[C@@H]2O)O[C@H](CO)C1OP(=O)(O)O. The average Bonchev–Trinajstić information content (AvgIpc) is 0.877. The summed E-state index contributed by atoms with van der Waals surface area (Å²) in [7, 11) is -5.28. The molecule has 7 N–H and O–H groups in total. The predicted molar refractivity (Wildman–Crippen MR) is 356 cm³/mol. The number of carbonyl (C=O) groups is 4. The molecule has 0 aromatic carbocycles. The molecule has 0 bridgehead atoms. The van der Waals surface area contributed by atoms with Crippen LogP contribution in [0.15, 0.2) is 12.2 Å². The molecule has 91 heavy (non-hydrogen) atoms. The fourth-order valence-electron chi connectivity index (χ4n) is 12.1. The summed E-state index contributed by atoms with van der Waals surface area (Å²) in [5.74, 6) is -2.51. The number of phosphoric acid groups is 1. The minimum Gasteiger partial charge on any atom is -0.480 e. The van der Waals surface area contributed by atoms with E-state index in [9.17, 15) is 48.8 Å². The standard InChI is InChI=1S/C70H131N2O18P/c1-6-10-14-18-22-26-28-29-32-35-39-43-50-83-58(46-42-38-34-30-24-20-16-12-8-3)49-52-85-68-64(71-56(5)74)70(88-59(53-73)66(68)90-91(80,81)82)86-54-60-65(79)67(84-51-44-40-36-31-27-23-19-15-11-7-2)63(69(89-60)87-55-62(77)78)72-61(76)48-47-57(75)45-41-37-33-25-21-17-13-9-4/h26,28,58-60,63-70,73,79H,6-25,27,29-55H2,1-5H3,(H,71,74)(H,72,76)(H,77,78)(H2,80,81,82)/b28-26-/t58?,59-,60-,63-,64?,65-,66?,67-,68-,69+,70-/m1/s1. The molecule has 3 unspecified atom stereocenters. The van der Waals surface area contributed by atoms with Crippen LogP contribution in [0, 0.1) is 0 Å². The first-order valence-electron chi connectivity index (χ1n) is 36.4. The molecule has 2 amide bonds. The third kappa shape index (κ3) is 42.7. The highest BCUT2D eigenvalue weighted by atomic mass is 31.2. The highest BCUT2D eigenvalue weighted by Crippen LogP contribution is 2.42. The summed E-state index contributed by atoms with van der Waals surface area (Å²) >= 11 is 0. The number of unbranched alkanes of at least 4 members (excludes halogenated alkanes) is 32. The molecule has 0 saturated carbocycles. The van der Waals surface area contributed by atoms with Crippen LogP contribution in [0.25, 0.3) is 0 Å². The van der Waals surface area contributed by atoms with Crippen LogP contribution in [-0.4, -0.2) is 156 Å². The fourth-order valence-corrected chi connectivity index (χ4v) is 12.7. The minimum absolute atomic E-state index is 0.00511. The number of nitrogens with one attached hydrogen (secondary N) is 2. The first kappa shape index (κ1) is 84.7. The zero-order chi connectivity index (χ0) is 66.6. The van der Waals surface area contributed by atoms with Gasteiger partial charge in [-0.15, -0.1) is 0 Å². The van der Waals surface area contributed by atoms with E-state index in [-0.39, 0.29) is 37.9 Å². The molecule has 11 atom stereocenters. The molecule has 0 spiro atoms. The van der Waals surface area contributed by atoms with Gasteiger partial charge in [-0.1, -0.05) is 232 Å². The van der Waals surface area contributed by atoms with Crippen LogP contribution < -0.4 is 10.6 Å². The lowest BCUT2D eigenvalue weighted by atomic mass is 9.95. The number of hydrogen-bond acceptors (Lipinski definition) is 15. The molecule has 2 heterocycles. The Bertz CT molecular complexity index is 1880. The molecular formula is C70H131N2O18P. The second-order valence-corrected chi connectivity index (χ2v) is 26.9. The largest absolute Gasteiger partial charge is 0.480 e. The summed E-state index contributed by atoms with van der Waals surface area (Å²) in [6.07, 6.45) is 35.4. The van der Waals surface area contributed by atoms with Crippen molar-refractivity contribution >= 4 is 31.4 Å². The number of phosphoric ester groups is 1. The first-order chi connectivity index (χ1) is 44.1. The summed E-state index contributed by atoms with van der Waals surface area (Å²) in [4.78, 5) is 72.2. The van der Waals surface area contributed by atoms with Gasteiger partial charge in [-0.05, 0) is 57.8 Å². The lowest BCUT2D eigenvalue weighted by Gasteiger charge is -2.47. The third-order valence-corrected chi connectivity index (χ3v) is 17.9. The topological polar surface area (TPSA) is 284 Å². The van der Waals surface area contributed by atoms with Crippen molar-refractivity contribution < 1.29 is 86.5 Å². The van der Waals surface area contributed by atoms with Gasteiger partial charge in [0.15, 0.2) is 12.6 Å². The Kier molecular flexibility index (Phi) is 51.8. The van der Waals surface area contributed by atoms with Crippen LogP contribution >= 0.6 is 7.82 Å². The Morgan fingerprint density at radius 3 is 1.49 bits per heavy atom. The molecule has 2 fully saturated rings. The number of carbonyl (C=O) groups excluding carboxylic acids is 3. The zero-order valence-electron chi connectivity index (χ0n) is 57.4. The second-order valence-electron chi connectivity index (χ2n) is 25.7. The number of Topliss-reactive ketones (excluding diaryl/α,β-unsaturated/α-hetero) is 1. The Hall–Kier alpha value is -2.43. The van der Waals surface area contributed by atoms with E-state index in [1.165, 1.54) is 129 Å². The van der Waals surface area contributed by atoms with Gasteiger partial charge in [-0.2, -0.15) is 0 Å². The highest BCUT2D eigenvalue weighted by Gasteiger charge is 2.52. The van der Waals surface area contributed by atoms with E-state index >= 15 is 0 Å². The maximum absolute atomic E-state index is 13.7. The van der Waals surface area contributed by atoms with E-state index < -0.39 is 107 Å². The van der Waals surface area contributed by atoms with Crippen LogP contribution in [0.5, 0.6) is 0 Å². The number of hydrogen-bond donors (Lipinski definition) is 7. The number of carboxylic acid groups (broad SMARTS) is 1. The average molecular weight is 1320 g/mol. The maximum Gasteiger partial charge on any atom is 0.470 e. The lowest BCUT2D eigenvalue weighted by Crippen LogP contribution is -2.67. The van der Waals surface area contributed by atoms with Gasteiger partial charge >= 0.3 is 13.8 Å². The molecule has 2 rings (SSSR count). The van der Waals surface area contributed by atoms with Gasteiger partial charge in [0.1, 0.15) is 61.1 Å². The summed E-state index contributed by atoms with van der Waals surface area (Å²) < 4.78 is 62.0. The molecule has 2 aliphatic rings. The van der Waals surface area contributed by atoms with Gasteiger partial charge in [0.05, 0.1) is 19.3 Å². The lowest BCUT2D eigenvalue weighted by molar-refractivity contribution is -0.307. The molecule has 20 nitrogen and oxygen atoms in total. The molecule has 0 aliphatic carbocycles. The van der Waals surface area contributed by atoms with Crippen molar-refractivity contribution in [2.45, 2.75) is 372 Å². The molecule has 534 valence electrons. The summed E-state index contributed by atoms with van der Waals surface area (Å²) in [5, 5.41) is 38.4. The van der Waals surface area contributed by atoms with Gasteiger partial charge in [0, 0.05) is 46.0 Å². The third-order valence-electron chi connectivity index (χ3n) is 17.4. The van der Waals surface area contributed by atoms with E-state index in [0.717, 1.165) is 116 Å². The van der Waals surface area contributed by atoms with Crippen molar-refractivity contribution in [3.05, 3.63) is 12.2 Å². The quantitative estimate of drug-likeness (QED) is 0.0169. The molecule has 2 saturated heterocycles. The minimum atomic E-state index is -5.28. The Morgan fingerprint density at radius 2 is 0.967 bits per heavy atom. The Morgan fingerprint density at radius 1 is 0.505 bits per heavy atom. The molecule has 0 radical (unpaired) electrons. The predicted octanol–water partition coefficient (Wildman–Crippen LogP) is 14.1. The number of amides is 2. The molecular weight excluding hydrogens is 1190 g/mol. The Labute approximate surface area is 549 Å². The molecule has 2 aliphatic heterocycles. The Balaban J connectivity index is 2.35. The highest BCUT2D eigenvalue weighted by molar-refractivity contribution is 7.46. The molecule has 0 aromatic rings. The van der Waals surface area contributed by atoms with Crippen molar-refractivity contribution in [3.8, 4) is 0 Å². The van der Waals surface area contributed by atoms with Crippen molar-refractivity contribution in [2.24, 2.45) is 0 Å². The molecule has 21 heteroatoms. The van der Waals surface area contributed by atoms with Crippen molar-refractivity contribution in [1.82, 2.24) is 10.6 Å². The van der Waals surface area contributed by atoms with Crippen LogP contribution in [0.4, 0.5) is 0 Å². The van der Waals surface area contributed by atoms with Gasteiger partial charge in [-0.25, -0.2) is 9.36 Å². The van der Waals surface area contributed by atoms with Crippen molar-refractivity contribution in [2.75, 3.05) is 39.6 Å². The zero-order valence-corrected chi connectivity index (χ0v) is 58.3. The van der Waals surface area contributed by atoms with E-state index in [1.807, 2.05) is 0 Å². The van der Waals surface area contributed by atoms with Crippen LogP contribution in [0.3, 0.4) is 0 Å². The fraction of sp³-hybridized carbons (Fsp3) is 0.914. The van der Waals surface area contributed by atoms with Crippen LogP contribution in [-0.2, 0) is 61.4 Å². The van der Waals surface area contributed by atoms with Crippen LogP contribution in [0.1, 0.15) is 304 Å². The first-order valence-corrected chi connectivity index (χ1v) is 38.0. The van der Waals surface area contributed by atoms with E-state index in [0.29, 0.717) is 25.9 Å². The van der Waals surface area contributed by atoms with Gasteiger partial charge in [0.25, 0.3) is 0 Å². The van der Waals surface area contributed by atoms with E-state index in [1.54, 1.807) is 0 Å². The van der Waals surface area contributed by atoms with E-state index in [2.05, 4.69) is 50.5 Å². The normalized spacial score (nSPS) is 22.4. The number of carboxylic acids is 1. The van der Waals surface area contributed by atoms with Crippen molar-refractivity contribution in [1.29, 1.82) is 0 Å². The number of allylic oxidation sites excluding steroid dienone is 2. The summed E-state index contributed by atoms with van der Waals surface area (Å²) in [5.41, 5.74) is 0. The monoisotopic (exact) mass is 1320 g/mol. The number of aliphatic hydroxyl groups excluding tert-OH is 2. The second kappa shape index (κ2) is 55.7. The number of aliphatic carboxylic acids is 1. The van der Waals surface area contributed by atoms with Crippen molar-refractivity contribution in [3.63, 3.8) is 0 Å². The smallest absolute Gasteiger partial charge is 0.470 e. The molecule has 0 aromatic heterocycles. The summed E-state index contributed by atoms with van der Waals surface area (Å²) in [6, 6.07) is -2.56. The number of ether oxygens (including phenoxy) is 7. The van der Waals surface area contributed by atoms with E-state index in [4.69, 9.17) is 37.7 Å². The van der Waals surface area contributed by atoms with Gasteiger partial charge in [0.2, 0.25) is 11.8 Å². The summed E-state index contributed by atoms with van der Waals surface area (Å²) in [6.45, 7) is 8.60. The number of rotatable bonds is 62. The van der Waals surface area contributed by atoms with Gasteiger partial charge in [-0.3, -0.25) is 18.9 Å².